The van der Waals surface area contributed by atoms with Gasteiger partial charge in [0.25, 0.3) is 0 Å². The summed E-state index contributed by atoms with van der Waals surface area (Å²) >= 11 is 0. The number of hydrogen-bond acceptors (Lipinski definition) is 11. The van der Waals surface area contributed by atoms with Crippen molar-refractivity contribution in [2.24, 2.45) is 17.1 Å². The van der Waals surface area contributed by atoms with Crippen LogP contribution in [0.5, 0.6) is 11.5 Å². The fourth-order valence-electron chi connectivity index (χ4n) is 3.56. The lowest BCUT2D eigenvalue weighted by atomic mass is 9.79. The molecule has 0 aliphatic heterocycles. The first-order valence-corrected chi connectivity index (χ1v) is 14.4. The molecular weight excluding hydrogens is 562 g/mol. The molecule has 4 atom stereocenters. The van der Waals surface area contributed by atoms with Crippen molar-refractivity contribution in [3.8, 4) is 11.5 Å². The van der Waals surface area contributed by atoms with Crippen LogP contribution in [-0.4, -0.2) is 59.5 Å². The van der Waals surface area contributed by atoms with Crippen molar-refractivity contribution in [3.63, 3.8) is 0 Å². The van der Waals surface area contributed by atoms with Gasteiger partial charge in [0.2, 0.25) is 0 Å². The molecule has 0 spiro atoms. The van der Waals surface area contributed by atoms with Crippen LogP contribution in [0.25, 0.3) is 0 Å². The van der Waals surface area contributed by atoms with Crippen molar-refractivity contribution >= 4 is 24.4 Å². The van der Waals surface area contributed by atoms with Gasteiger partial charge in [0.05, 0.1) is 6.61 Å². The third kappa shape index (κ3) is 12.7. The van der Waals surface area contributed by atoms with Crippen LogP contribution in [0, 0.1) is 11.3 Å². The summed E-state index contributed by atoms with van der Waals surface area (Å²) in [6.07, 6.45) is -2.83. The molecule has 3 unspecified atom stereocenters. The van der Waals surface area contributed by atoms with E-state index in [-0.39, 0.29) is 23.5 Å². The zero-order chi connectivity index (χ0) is 33.3. The quantitative estimate of drug-likeness (QED) is 0.136. The minimum atomic E-state index is -1.45. The molecular formula is C31H49NO11. The molecule has 0 aromatic heterocycles. The lowest BCUT2D eigenvalue weighted by Crippen LogP contribution is -2.42. The Bertz CT molecular complexity index is 1120. The van der Waals surface area contributed by atoms with Crippen LogP contribution in [0.4, 0.5) is 14.4 Å². The Morgan fingerprint density at radius 3 is 1.74 bits per heavy atom. The lowest BCUT2D eigenvalue weighted by Gasteiger charge is -2.32. The smallest absolute Gasteiger partial charge is 0.480 e. The van der Waals surface area contributed by atoms with E-state index in [4.69, 9.17) is 34.2 Å². The SMILES string of the molecule is CCC(C)(C)OC(=O)Oc1ccc(C(C(C)C(C)OC(=O)OCC(C)(C)C)[C@H](N)C(=O)O)cc1OC(=O)OC(C)(C)CC. The molecule has 0 fully saturated rings. The summed E-state index contributed by atoms with van der Waals surface area (Å²) in [7, 11) is 0. The second kappa shape index (κ2) is 15.3. The number of hydrogen-bond donors (Lipinski definition) is 2. The number of carboxylic acid groups (broad SMARTS) is 1. The maximum absolute atomic E-state index is 12.7. The molecule has 0 saturated carbocycles. The molecule has 0 amide bonds. The standard InChI is InChI=1S/C31H49NO11/c1-12-30(8,9)42-27(36)40-21-15-14-20(16-22(21)41-28(37)43-31(10,11)13-2)23(24(32)25(33)34)18(3)19(4)39-26(35)38-17-29(5,6)7/h14-16,18-19,23-24H,12-13,17,32H2,1-11H3,(H,33,34)/t18?,19?,23?,24-/m0/s1. The summed E-state index contributed by atoms with van der Waals surface area (Å²) in [6, 6.07) is 2.70. The number of rotatable bonds is 13. The van der Waals surface area contributed by atoms with Crippen LogP contribution in [0.1, 0.15) is 100 Å². The minimum absolute atomic E-state index is 0.121. The summed E-state index contributed by atoms with van der Waals surface area (Å²) in [6.45, 7) is 19.5. The monoisotopic (exact) mass is 611 g/mol. The molecule has 0 radical (unpaired) electrons. The molecule has 0 aliphatic carbocycles. The van der Waals surface area contributed by atoms with Crippen molar-refractivity contribution in [2.45, 2.75) is 118 Å². The number of carboxylic acids is 1. The van der Waals surface area contributed by atoms with Crippen LogP contribution in [0.2, 0.25) is 0 Å². The Morgan fingerprint density at radius 2 is 1.30 bits per heavy atom. The van der Waals surface area contributed by atoms with Gasteiger partial charge >= 0.3 is 24.4 Å². The zero-order valence-electron chi connectivity index (χ0n) is 27.3. The highest BCUT2D eigenvalue weighted by Gasteiger charge is 2.36. The van der Waals surface area contributed by atoms with Gasteiger partial charge in [-0.3, -0.25) is 4.79 Å². The third-order valence-electron chi connectivity index (χ3n) is 7.05. The highest BCUT2D eigenvalue weighted by Crippen LogP contribution is 2.38. The topological polar surface area (TPSA) is 170 Å². The Hall–Kier alpha value is -3.54. The van der Waals surface area contributed by atoms with E-state index in [1.165, 1.54) is 18.2 Å². The van der Waals surface area contributed by atoms with E-state index in [1.54, 1.807) is 41.5 Å². The van der Waals surface area contributed by atoms with E-state index in [0.29, 0.717) is 18.4 Å². The van der Waals surface area contributed by atoms with Gasteiger partial charge < -0.3 is 39.3 Å². The number of aliphatic carboxylic acids is 1. The summed E-state index contributed by atoms with van der Waals surface area (Å²) in [5.41, 5.74) is 4.49. The first-order valence-electron chi connectivity index (χ1n) is 14.4. The minimum Gasteiger partial charge on any atom is -0.480 e. The number of benzene rings is 1. The van der Waals surface area contributed by atoms with Crippen molar-refractivity contribution in [1.29, 1.82) is 0 Å². The summed E-state index contributed by atoms with van der Waals surface area (Å²) in [4.78, 5) is 49.6. The molecule has 3 N–H and O–H groups in total. The largest absolute Gasteiger partial charge is 0.514 e. The maximum Gasteiger partial charge on any atom is 0.514 e. The maximum atomic E-state index is 12.7. The van der Waals surface area contributed by atoms with Crippen molar-refractivity contribution < 1.29 is 52.7 Å². The summed E-state index contributed by atoms with van der Waals surface area (Å²) < 4.78 is 32.2. The van der Waals surface area contributed by atoms with Crippen LogP contribution >= 0.6 is 0 Å². The van der Waals surface area contributed by atoms with Gasteiger partial charge in [-0.1, -0.05) is 47.6 Å². The number of carbonyl (C=O) groups is 4. The third-order valence-corrected chi connectivity index (χ3v) is 7.05. The Kier molecular flexibility index (Phi) is 13.3. The predicted octanol–water partition coefficient (Wildman–Crippen LogP) is 6.81. The zero-order valence-corrected chi connectivity index (χ0v) is 27.3. The molecule has 0 aliphatic rings. The first kappa shape index (κ1) is 37.5. The normalized spacial score (nSPS) is 14.9. The number of carbonyl (C=O) groups excluding carboxylic acids is 3. The van der Waals surface area contributed by atoms with Crippen LogP contribution in [0.15, 0.2) is 18.2 Å². The molecule has 0 bridgehead atoms. The van der Waals surface area contributed by atoms with Crippen LogP contribution in [0.3, 0.4) is 0 Å². The number of nitrogens with two attached hydrogens (primary N) is 1. The van der Waals surface area contributed by atoms with Gasteiger partial charge in [-0.05, 0) is 70.6 Å². The van der Waals surface area contributed by atoms with Gasteiger partial charge in [0.15, 0.2) is 11.5 Å². The van der Waals surface area contributed by atoms with Gasteiger partial charge in [-0.2, -0.15) is 0 Å². The van der Waals surface area contributed by atoms with Crippen molar-refractivity contribution in [2.75, 3.05) is 6.61 Å². The van der Waals surface area contributed by atoms with Gasteiger partial charge in [0.1, 0.15) is 23.3 Å². The van der Waals surface area contributed by atoms with E-state index in [0.717, 1.165) is 0 Å². The van der Waals surface area contributed by atoms with E-state index in [1.807, 2.05) is 34.6 Å². The summed E-state index contributed by atoms with van der Waals surface area (Å²) in [5, 5.41) is 9.83. The molecule has 0 saturated heterocycles. The van der Waals surface area contributed by atoms with Gasteiger partial charge in [0, 0.05) is 11.8 Å². The Labute approximate surface area is 254 Å². The molecule has 0 heterocycles. The molecule has 1 aromatic rings. The average Bonchev–Trinajstić information content (AvgIpc) is 2.87. The van der Waals surface area contributed by atoms with E-state index >= 15 is 0 Å². The van der Waals surface area contributed by atoms with Crippen LogP contribution in [-0.2, 0) is 23.7 Å². The molecule has 12 nitrogen and oxygen atoms in total. The highest BCUT2D eigenvalue weighted by molar-refractivity contribution is 5.75. The van der Waals surface area contributed by atoms with Crippen molar-refractivity contribution in [3.05, 3.63) is 23.8 Å². The summed E-state index contributed by atoms with van der Waals surface area (Å²) in [5.74, 6) is -3.31. The Morgan fingerprint density at radius 1 is 0.814 bits per heavy atom. The average molecular weight is 612 g/mol. The van der Waals surface area contributed by atoms with E-state index < -0.39 is 59.6 Å². The molecule has 1 rings (SSSR count). The highest BCUT2D eigenvalue weighted by atomic mass is 16.8. The first-order chi connectivity index (χ1) is 19.6. The van der Waals surface area contributed by atoms with E-state index in [2.05, 4.69) is 0 Å². The van der Waals surface area contributed by atoms with Crippen molar-refractivity contribution in [1.82, 2.24) is 0 Å². The van der Waals surface area contributed by atoms with Crippen LogP contribution < -0.4 is 15.2 Å². The van der Waals surface area contributed by atoms with Gasteiger partial charge in [-0.15, -0.1) is 0 Å². The lowest BCUT2D eigenvalue weighted by molar-refractivity contribution is -0.139. The fourth-order valence-corrected chi connectivity index (χ4v) is 3.56. The fraction of sp³-hybridized carbons (Fsp3) is 0.677. The molecule has 1 aromatic carbocycles. The predicted molar refractivity (Wildman–Crippen MR) is 158 cm³/mol. The molecule has 244 valence electrons. The molecule has 43 heavy (non-hydrogen) atoms. The van der Waals surface area contributed by atoms with E-state index in [9.17, 15) is 24.3 Å². The Balaban J connectivity index is 3.48. The second-order valence-electron chi connectivity index (χ2n) is 13.0. The number of ether oxygens (including phenoxy) is 6. The second-order valence-corrected chi connectivity index (χ2v) is 13.0. The molecule has 12 heteroatoms. The van der Waals surface area contributed by atoms with Gasteiger partial charge in [-0.25, -0.2) is 14.4 Å².